The van der Waals surface area contributed by atoms with E-state index in [4.69, 9.17) is 9.47 Å². The van der Waals surface area contributed by atoms with Crippen LogP contribution in [0.2, 0.25) is 0 Å². The monoisotopic (exact) mass is 250 g/mol. The molecule has 1 atom stereocenters. The maximum Gasteiger partial charge on any atom is 0.495 e. The van der Waals surface area contributed by atoms with Gasteiger partial charge in [0.2, 0.25) is 5.88 Å². The molecule has 0 radical (unpaired) electrons. The van der Waals surface area contributed by atoms with Gasteiger partial charge in [-0.2, -0.15) is 0 Å². The first kappa shape index (κ1) is 11.9. The van der Waals surface area contributed by atoms with Crippen LogP contribution in [0.5, 0.6) is 5.88 Å². The molecule has 1 saturated carbocycles. The molecule has 1 saturated heterocycles. The molecule has 18 heavy (non-hydrogen) atoms. The molecule has 6 nitrogen and oxygen atoms in total. The minimum atomic E-state index is -1.60. The Balaban J connectivity index is 1.89. The van der Waals surface area contributed by atoms with Crippen molar-refractivity contribution in [3.05, 3.63) is 12.0 Å². The molecule has 2 N–H and O–H groups in total. The molecule has 1 aromatic heterocycles. The topological polar surface area (TPSA) is 84.7 Å². The molecule has 2 aliphatic rings. The van der Waals surface area contributed by atoms with E-state index in [0.717, 1.165) is 19.3 Å². The van der Waals surface area contributed by atoms with E-state index < -0.39 is 7.12 Å². The molecule has 1 aliphatic heterocycles. The zero-order chi connectivity index (χ0) is 12.5. The Kier molecular flexibility index (Phi) is 3.19. The number of rotatable bonds is 4. The van der Waals surface area contributed by atoms with Crippen molar-refractivity contribution in [2.45, 2.75) is 31.3 Å². The number of nitrogens with zero attached hydrogens (tertiary/aromatic N) is 2. The van der Waals surface area contributed by atoms with Crippen molar-refractivity contribution < 1.29 is 19.5 Å². The SMILES string of the molecule is OB(O)c1c(OC2CCOC2)ncnc1C1CC1. The highest BCUT2D eigenvalue weighted by molar-refractivity contribution is 6.60. The van der Waals surface area contributed by atoms with E-state index in [-0.39, 0.29) is 12.0 Å². The molecule has 1 aromatic rings. The third-order valence-corrected chi connectivity index (χ3v) is 3.27. The summed E-state index contributed by atoms with van der Waals surface area (Å²) in [5.74, 6) is 0.587. The summed E-state index contributed by atoms with van der Waals surface area (Å²) in [6.07, 6.45) is 4.21. The molecule has 1 unspecified atom stereocenters. The summed E-state index contributed by atoms with van der Waals surface area (Å²) in [6, 6.07) is 0. The van der Waals surface area contributed by atoms with Gasteiger partial charge in [-0.3, -0.25) is 0 Å². The van der Waals surface area contributed by atoms with E-state index in [1.54, 1.807) is 0 Å². The zero-order valence-electron chi connectivity index (χ0n) is 9.95. The van der Waals surface area contributed by atoms with Gasteiger partial charge in [0.05, 0.1) is 24.4 Å². The van der Waals surface area contributed by atoms with Crippen molar-refractivity contribution in [1.82, 2.24) is 9.97 Å². The highest BCUT2D eigenvalue weighted by Crippen LogP contribution is 2.38. The van der Waals surface area contributed by atoms with E-state index in [1.807, 2.05) is 0 Å². The van der Waals surface area contributed by atoms with Gasteiger partial charge in [-0.15, -0.1) is 0 Å². The van der Waals surface area contributed by atoms with Crippen LogP contribution in [0, 0.1) is 0 Å². The highest BCUT2D eigenvalue weighted by Gasteiger charge is 2.34. The summed E-state index contributed by atoms with van der Waals surface area (Å²) in [5.41, 5.74) is 1.01. The van der Waals surface area contributed by atoms with Crippen LogP contribution < -0.4 is 10.2 Å². The lowest BCUT2D eigenvalue weighted by molar-refractivity contribution is 0.138. The third kappa shape index (κ3) is 2.34. The molecule has 2 fully saturated rings. The molecular weight excluding hydrogens is 235 g/mol. The van der Waals surface area contributed by atoms with Crippen molar-refractivity contribution in [3.8, 4) is 5.88 Å². The zero-order valence-corrected chi connectivity index (χ0v) is 9.95. The lowest BCUT2D eigenvalue weighted by Gasteiger charge is -2.16. The number of ether oxygens (including phenoxy) is 2. The smallest absolute Gasteiger partial charge is 0.472 e. The second-order valence-corrected chi connectivity index (χ2v) is 4.73. The third-order valence-electron chi connectivity index (χ3n) is 3.27. The predicted octanol–water partition coefficient (Wildman–Crippen LogP) is -0.799. The van der Waals surface area contributed by atoms with Crippen LogP contribution in [-0.2, 0) is 4.74 Å². The van der Waals surface area contributed by atoms with Gasteiger partial charge in [-0.05, 0) is 12.8 Å². The van der Waals surface area contributed by atoms with Crippen LogP contribution in [0.15, 0.2) is 6.33 Å². The van der Waals surface area contributed by atoms with Crippen LogP contribution in [0.4, 0.5) is 0 Å². The van der Waals surface area contributed by atoms with Gasteiger partial charge >= 0.3 is 7.12 Å². The van der Waals surface area contributed by atoms with Crippen LogP contribution in [0.3, 0.4) is 0 Å². The molecule has 3 rings (SSSR count). The summed E-state index contributed by atoms with van der Waals surface area (Å²) in [6.45, 7) is 1.19. The quantitative estimate of drug-likeness (QED) is 0.680. The molecule has 0 spiro atoms. The van der Waals surface area contributed by atoms with Gasteiger partial charge in [0.15, 0.2) is 0 Å². The Bertz CT molecular complexity index is 433. The Hall–Kier alpha value is -1.18. The molecule has 0 bridgehead atoms. The van der Waals surface area contributed by atoms with Gasteiger partial charge in [-0.1, -0.05) is 0 Å². The Labute approximate surface area is 105 Å². The fourth-order valence-electron chi connectivity index (χ4n) is 2.17. The first-order valence-electron chi connectivity index (χ1n) is 6.21. The molecule has 1 aliphatic carbocycles. The lowest BCUT2D eigenvalue weighted by Crippen LogP contribution is -2.37. The van der Waals surface area contributed by atoms with Crippen molar-refractivity contribution >= 4 is 12.6 Å². The second kappa shape index (κ2) is 4.83. The molecule has 0 amide bonds. The molecule has 7 heteroatoms. The highest BCUT2D eigenvalue weighted by atomic mass is 16.5. The van der Waals surface area contributed by atoms with Gasteiger partial charge in [0.1, 0.15) is 12.4 Å². The second-order valence-electron chi connectivity index (χ2n) is 4.73. The predicted molar refractivity (Wildman–Crippen MR) is 63.7 cm³/mol. The summed E-state index contributed by atoms with van der Waals surface area (Å²) in [5, 5.41) is 19.0. The molecule has 2 heterocycles. The molecule has 0 aromatic carbocycles. The molecular formula is C11H15BN2O4. The normalized spacial score (nSPS) is 23.1. The minimum Gasteiger partial charge on any atom is -0.472 e. The largest absolute Gasteiger partial charge is 0.495 e. The van der Waals surface area contributed by atoms with E-state index in [0.29, 0.717) is 30.3 Å². The first-order valence-corrected chi connectivity index (χ1v) is 6.21. The number of aromatic nitrogens is 2. The van der Waals surface area contributed by atoms with E-state index in [2.05, 4.69) is 9.97 Å². The lowest BCUT2D eigenvalue weighted by atomic mass is 9.78. The van der Waals surface area contributed by atoms with Crippen LogP contribution in [0.25, 0.3) is 0 Å². The van der Waals surface area contributed by atoms with Gasteiger partial charge in [-0.25, -0.2) is 9.97 Å². The van der Waals surface area contributed by atoms with Crippen LogP contribution in [-0.4, -0.2) is 46.5 Å². The summed E-state index contributed by atoms with van der Waals surface area (Å²) in [4.78, 5) is 8.18. The van der Waals surface area contributed by atoms with Crippen molar-refractivity contribution in [1.29, 1.82) is 0 Å². The minimum absolute atomic E-state index is 0.0653. The maximum atomic E-state index is 9.50. The summed E-state index contributed by atoms with van der Waals surface area (Å²) >= 11 is 0. The van der Waals surface area contributed by atoms with Crippen LogP contribution >= 0.6 is 0 Å². The van der Waals surface area contributed by atoms with Gasteiger partial charge in [0, 0.05) is 12.3 Å². The fourth-order valence-corrected chi connectivity index (χ4v) is 2.17. The van der Waals surface area contributed by atoms with Gasteiger partial charge in [0.25, 0.3) is 0 Å². The van der Waals surface area contributed by atoms with Gasteiger partial charge < -0.3 is 19.5 Å². The Morgan fingerprint density at radius 1 is 1.28 bits per heavy atom. The van der Waals surface area contributed by atoms with E-state index in [1.165, 1.54) is 6.33 Å². The summed E-state index contributed by atoms with van der Waals surface area (Å²) < 4.78 is 10.9. The first-order chi connectivity index (χ1) is 8.75. The van der Waals surface area contributed by atoms with Crippen molar-refractivity contribution in [2.75, 3.05) is 13.2 Å². The average molecular weight is 250 g/mol. The number of hydrogen-bond donors (Lipinski definition) is 2. The molecule has 96 valence electrons. The maximum absolute atomic E-state index is 9.50. The van der Waals surface area contributed by atoms with Crippen molar-refractivity contribution in [3.63, 3.8) is 0 Å². The average Bonchev–Trinajstić information content (AvgIpc) is 3.08. The van der Waals surface area contributed by atoms with E-state index >= 15 is 0 Å². The van der Waals surface area contributed by atoms with Crippen LogP contribution in [0.1, 0.15) is 30.9 Å². The summed E-state index contributed by atoms with van der Waals surface area (Å²) in [7, 11) is -1.60. The Morgan fingerprint density at radius 2 is 2.11 bits per heavy atom. The standard InChI is InChI=1S/C11H15BN2O4/c15-12(16)9-10(7-1-2-7)13-6-14-11(9)18-8-3-4-17-5-8/h6-8,15-16H,1-5H2. The Morgan fingerprint density at radius 3 is 2.72 bits per heavy atom. The van der Waals surface area contributed by atoms with E-state index in [9.17, 15) is 10.0 Å². The fraction of sp³-hybridized carbons (Fsp3) is 0.636. The van der Waals surface area contributed by atoms with Crippen molar-refractivity contribution in [2.24, 2.45) is 0 Å². The number of hydrogen-bond acceptors (Lipinski definition) is 6.